The summed E-state index contributed by atoms with van der Waals surface area (Å²) in [6, 6.07) is 9.65. The summed E-state index contributed by atoms with van der Waals surface area (Å²) in [6.07, 6.45) is 3.55. The predicted octanol–water partition coefficient (Wildman–Crippen LogP) is 2.77. The number of hydrogen-bond donors (Lipinski definition) is 2. The van der Waals surface area contributed by atoms with Crippen LogP contribution < -0.4 is 11.1 Å². The minimum absolute atomic E-state index is 0.384. The van der Waals surface area contributed by atoms with Gasteiger partial charge in [-0.05, 0) is 30.7 Å². The summed E-state index contributed by atoms with van der Waals surface area (Å²) in [5.74, 6) is 0. The third-order valence-corrected chi connectivity index (χ3v) is 2.72. The molecule has 0 aliphatic rings. The van der Waals surface area contributed by atoms with Crippen LogP contribution >= 0.6 is 12.2 Å². The lowest BCUT2D eigenvalue weighted by Crippen LogP contribution is -2.11. The van der Waals surface area contributed by atoms with Crippen molar-refractivity contribution >= 4 is 28.6 Å². The summed E-state index contributed by atoms with van der Waals surface area (Å²) >= 11 is 5.02. The average molecular weight is 243 g/mol. The highest BCUT2D eigenvalue weighted by molar-refractivity contribution is 7.80. The van der Waals surface area contributed by atoms with Gasteiger partial charge in [0.05, 0.1) is 11.9 Å². The molecule has 3 N–H and O–H groups in total. The first-order valence-electron chi connectivity index (χ1n) is 5.25. The van der Waals surface area contributed by atoms with E-state index in [1.165, 1.54) is 0 Å². The summed E-state index contributed by atoms with van der Waals surface area (Å²) in [6.45, 7) is 2.02. The monoisotopic (exact) mass is 243 g/mol. The molecule has 0 amide bonds. The zero-order valence-corrected chi connectivity index (χ0v) is 10.3. The molecule has 2 aromatic rings. The van der Waals surface area contributed by atoms with Gasteiger partial charge in [-0.25, -0.2) is 0 Å². The predicted molar refractivity (Wildman–Crippen MR) is 74.6 cm³/mol. The first-order chi connectivity index (χ1) is 8.18. The molecule has 1 aromatic heterocycles. The molecule has 0 aliphatic heterocycles. The second-order valence-corrected chi connectivity index (χ2v) is 4.17. The van der Waals surface area contributed by atoms with Crippen LogP contribution in [0.25, 0.3) is 0 Å². The van der Waals surface area contributed by atoms with Gasteiger partial charge in [0, 0.05) is 17.4 Å². The van der Waals surface area contributed by atoms with Gasteiger partial charge in [0.2, 0.25) is 0 Å². The fourth-order valence-electron chi connectivity index (χ4n) is 1.55. The molecule has 86 valence electrons. The van der Waals surface area contributed by atoms with Crippen LogP contribution in [0.4, 0.5) is 11.4 Å². The van der Waals surface area contributed by atoms with Crippen LogP contribution in [0.5, 0.6) is 0 Å². The number of aryl methyl sites for hydroxylation is 1. The molecule has 2 rings (SSSR count). The Balaban J connectivity index is 2.37. The Morgan fingerprint density at radius 3 is 2.71 bits per heavy atom. The number of pyridine rings is 1. The van der Waals surface area contributed by atoms with Gasteiger partial charge in [0.15, 0.2) is 0 Å². The molecule has 0 unspecified atom stereocenters. The van der Waals surface area contributed by atoms with Crippen molar-refractivity contribution in [2.75, 3.05) is 5.32 Å². The Morgan fingerprint density at radius 1 is 1.24 bits per heavy atom. The zero-order chi connectivity index (χ0) is 12.3. The van der Waals surface area contributed by atoms with Gasteiger partial charge in [-0.3, -0.25) is 4.98 Å². The van der Waals surface area contributed by atoms with E-state index >= 15 is 0 Å². The van der Waals surface area contributed by atoms with Crippen molar-refractivity contribution in [1.29, 1.82) is 0 Å². The van der Waals surface area contributed by atoms with Crippen LogP contribution in [-0.2, 0) is 0 Å². The molecular formula is C13H13N3S. The molecule has 3 nitrogen and oxygen atoms in total. The fraction of sp³-hybridized carbons (Fsp3) is 0.0769. The quantitative estimate of drug-likeness (QED) is 0.814. The topological polar surface area (TPSA) is 50.9 Å². The van der Waals surface area contributed by atoms with Crippen LogP contribution in [-0.4, -0.2) is 9.97 Å². The first kappa shape index (κ1) is 11.5. The Kier molecular flexibility index (Phi) is 3.35. The molecule has 17 heavy (non-hydrogen) atoms. The summed E-state index contributed by atoms with van der Waals surface area (Å²) in [4.78, 5) is 4.47. The van der Waals surface area contributed by atoms with Crippen molar-refractivity contribution in [2.45, 2.75) is 6.92 Å². The first-order valence-corrected chi connectivity index (χ1v) is 5.66. The maximum Gasteiger partial charge on any atom is 0.106 e. The third-order valence-electron chi connectivity index (χ3n) is 2.50. The van der Waals surface area contributed by atoms with E-state index in [0.717, 1.165) is 22.5 Å². The lowest BCUT2D eigenvalue weighted by atomic mass is 10.1. The number of hydrogen-bond acceptors (Lipinski definition) is 3. The molecule has 0 aliphatic carbocycles. The summed E-state index contributed by atoms with van der Waals surface area (Å²) < 4.78 is 0. The van der Waals surface area contributed by atoms with Gasteiger partial charge in [0.25, 0.3) is 0 Å². The van der Waals surface area contributed by atoms with Crippen molar-refractivity contribution < 1.29 is 0 Å². The second-order valence-electron chi connectivity index (χ2n) is 3.73. The van der Waals surface area contributed by atoms with Crippen molar-refractivity contribution in [3.63, 3.8) is 0 Å². The fourth-order valence-corrected chi connectivity index (χ4v) is 1.72. The average Bonchev–Trinajstić information content (AvgIpc) is 2.32. The number of aromatic nitrogens is 1. The SMILES string of the molecule is Cc1ccncc1Nc1ccccc1C(N)=S. The molecule has 4 heteroatoms. The molecule has 0 fully saturated rings. The van der Waals surface area contributed by atoms with E-state index in [1.807, 2.05) is 37.3 Å². The maximum absolute atomic E-state index is 5.68. The molecular weight excluding hydrogens is 230 g/mol. The molecule has 0 saturated carbocycles. The Bertz CT molecular complexity index is 552. The van der Waals surface area contributed by atoms with E-state index in [2.05, 4.69) is 10.3 Å². The van der Waals surface area contributed by atoms with Crippen molar-refractivity contribution in [3.05, 3.63) is 53.9 Å². The van der Waals surface area contributed by atoms with Crippen LogP contribution in [0.1, 0.15) is 11.1 Å². The standard InChI is InChI=1S/C13H13N3S/c1-9-6-7-15-8-12(9)16-11-5-3-2-4-10(11)13(14)17/h2-8,16H,1H3,(H2,14,17). The minimum atomic E-state index is 0.384. The van der Waals surface area contributed by atoms with Crippen LogP contribution in [0.15, 0.2) is 42.7 Å². The van der Waals surface area contributed by atoms with E-state index in [0.29, 0.717) is 4.99 Å². The second kappa shape index (κ2) is 4.93. The number of nitrogens with one attached hydrogen (secondary N) is 1. The van der Waals surface area contributed by atoms with Crippen LogP contribution in [0.3, 0.4) is 0 Å². The number of thiocarbonyl (C=S) groups is 1. The molecule has 0 atom stereocenters. The lowest BCUT2D eigenvalue weighted by Gasteiger charge is -2.12. The normalized spacial score (nSPS) is 9.94. The molecule has 0 radical (unpaired) electrons. The van der Waals surface area contributed by atoms with E-state index in [1.54, 1.807) is 12.4 Å². The number of nitrogens with two attached hydrogens (primary N) is 1. The summed E-state index contributed by atoms with van der Waals surface area (Å²) in [5, 5.41) is 3.29. The largest absolute Gasteiger partial charge is 0.389 e. The molecule has 0 saturated heterocycles. The maximum atomic E-state index is 5.68. The Morgan fingerprint density at radius 2 is 2.00 bits per heavy atom. The number of benzene rings is 1. The molecule has 1 aromatic carbocycles. The number of rotatable bonds is 3. The number of nitrogens with zero attached hydrogens (tertiary/aromatic N) is 1. The van der Waals surface area contributed by atoms with Gasteiger partial charge in [-0.1, -0.05) is 24.4 Å². The van der Waals surface area contributed by atoms with E-state index in [-0.39, 0.29) is 0 Å². The smallest absolute Gasteiger partial charge is 0.106 e. The van der Waals surface area contributed by atoms with Crippen molar-refractivity contribution in [2.24, 2.45) is 5.73 Å². The van der Waals surface area contributed by atoms with Gasteiger partial charge in [-0.15, -0.1) is 0 Å². The summed E-state index contributed by atoms with van der Waals surface area (Å²) in [7, 11) is 0. The Hall–Kier alpha value is -1.94. The highest BCUT2D eigenvalue weighted by Gasteiger charge is 2.05. The zero-order valence-electron chi connectivity index (χ0n) is 9.47. The highest BCUT2D eigenvalue weighted by atomic mass is 32.1. The van der Waals surface area contributed by atoms with Gasteiger partial charge < -0.3 is 11.1 Å². The van der Waals surface area contributed by atoms with Crippen molar-refractivity contribution in [3.8, 4) is 0 Å². The van der Waals surface area contributed by atoms with Crippen molar-refractivity contribution in [1.82, 2.24) is 4.98 Å². The number of para-hydroxylation sites is 1. The number of anilines is 2. The van der Waals surface area contributed by atoms with Crippen LogP contribution in [0, 0.1) is 6.92 Å². The van der Waals surface area contributed by atoms with Gasteiger partial charge in [-0.2, -0.15) is 0 Å². The minimum Gasteiger partial charge on any atom is -0.389 e. The summed E-state index contributed by atoms with van der Waals surface area (Å²) in [5.41, 5.74) is 9.50. The Labute approximate surface area is 106 Å². The van der Waals surface area contributed by atoms with Crippen LogP contribution in [0.2, 0.25) is 0 Å². The van der Waals surface area contributed by atoms with E-state index in [4.69, 9.17) is 18.0 Å². The lowest BCUT2D eigenvalue weighted by molar-refractivity contribution is 1.28. The van der Waals surface area contributed by atoms with E-state index in [9.17, 15) is 0 Å². The highest BCUT2D eigenvalue weighted by Crippen LogP contribution is 2.22. The third kappa shape index (κ3) is 2.60. The van der Waals surface area contributed by atoms with E-state index < -0.39 is 0 Å². The molecule has 0 bridgehead atoms. The van der Waals surface area contributed by atoms with Gasteiger partial charge >= 0.3 is 0 Å². The molecule has 0 spiro atoms. The molecule has 1 heterocycles. The van der Waals surface area contributed by atoms with Gasteiger partial charge in [0.1, 0.15) is 4.99 Å².